The molecular formula is C12H9NO. The highest BCUT2D eigenvalue weighted by Crippen LogP contribution is 2.53. The van der Waals surface area contributed by atoms with Gasteiger partial charge in [-0.1, -0.05) is 24.3 Å². The third-order valence-electron chi connectivity index (χ3n) is 3.21. The van der Waals surface area contributed by atoms with E-state index >= 15 is 0 Å². The normalized spacial score (nSPS) is 31.0. The maximum Gasteiger partial charge on any atom is 0.128 e. The zero-order valence-corrected chi connectivity index (χ0v) is 7.53. The van der Waals surface area contributed by atoms with Crippen LogP contribution in [0.4, 0.5) is 0 Å². The predicted molar refractivity (Wildman–Crippen MR) is 54.2 cm³/mol. The average Bonchev–Trinajstić information content (AvgIpc) is 2.95. The molecule has 4 rings (SSSR count). The number of benzene rings is 1. The highest BCUT2D eigenvalue weighted by molar-refractivity contribution is 6.11. The second-order valence-electron chi connectivity index (χ2n) is 3.99. The van der Waals surface area contributed by atoms with Crippen LogP contribution in [-0.2, 0) is 4.74 Å². The van der Waals surface area contributed by atoms with Crippen molar-refractivity contribution >= 4 is 11.1 Å². The lowest BCUT2D eigenvalue weighted by atomic mass is 9.75. The van der Waals surface area contributed by atoms with E-state index in [-0.39, 0.29) is 12.2 Å². The fourth-order valence-corrected chi connectivity index (χ4v) is 2.48. The van der Waals surface area contributed by atoms with Crippen molar-refractivity contribution in [1.82, 2.24) is 0 Å². The molecule has 0 radical (unpaired) electrons. The first kappa shape index (κ1) is 6.85. The Kier molecular flexibility index (Phi) is 0.946. The van der Waals surface area contributed by atoms with Crippen LogP contribution in [0.1, 0.15) is 11.1 Å². The quantitative estimate of drug-likeness (QED) is 0.619. The summed E-state index contributed by atoms with van der Waals surface area (Å²) >= 11 is 0. The molecule has 2 aliphatic carbocycles. The van der Waals surface area contributed by atoms with Gasteiger partial charge in [-0.2, -0.15) is 0 Å². The number of hydrogen-bond donors (Lipinski definition) is 1. The van der Waals surface area contributed by atoms with E-state index in [1.54, 1.807) is 0 Å². The van der Waals surface area contributed by atoms with Crippen molar-refractivity contribution in [2.45, 2.75) is 12.2 Å². The average molecular weight is 183 g/mol. The van der Waals surface area contributed by atoms with Gasteiger partial charge < -0.3 is 10.5 Å². The van der Waals surface area contributed by atoms with Crippen LogP contribution >= 0.6 is 0 Å². The summed E-state index contributed by atoms with van der Waals surface area (Å²) in [4.78, 5) is 0. The van der Waals surface area contributed by atoms with E-state index in [1.165, 1.54) is 22.3 Å². The number of rotatable bonds is 0. The number of epoxide rings is 1. The lowest BCUT2D eigenvalue weighted by molar-refractivity contribution is 0.410. The third-order valence-corrected chi connectivity index (χ3v) is 3.21. The van der Waals surface area contributed by atoms with Gasteiger partial charge in [0.15, 0.2) is 0 Å². The molecule has 2 atom stereocenters. The van der Waals surface area contributed by atoms with Crippen LogP contribution in [0.25, 0.3) is 11.1 Å². The largest absolute Gasteiger partial charge is 0.400 e. The summed E-state index contributed by atoms with van der Waals surface area (Å²) in [6, 6.07) is 8.43. The molecule has 0 aromatic heterocycles. The van der Waals surface area contributed by atoms with Crippen molar-refractivity contribution in [1.29, 1.82) is 0 Å². The summed E-state index contributed by atoms with van der Waals surface area (Å²) < 4.78 is 5.53. The molecule has 0 saturated carbocycles. The molecule has 0 amide bonds. The SMILES string of the molecule is NC1=CC2=C(c3ccccc32)C2OC12. The Labute approximate surface area is 81.7 Å². The number of allylic oxidation sites excluding steroid dienone is 2. The van der Waals surface area contributed by atoms with Crippen LogP contribution in [0.5, 0.6) is 0 Å². The van der Waals surface area contributed by atoms with Crippen molar-refractivity contribution in [3.8, 4) is 0 Å². The van der Waals surface area contributed by atoms with Gasteiger partial charge in [-0.3, -0.25) is 0 Å². The highest BCUT2D eigenvalue weighted by atomic mass is 16.6. The molecule has 14 heavy (non-hydrogen) atoms. The minimum atomic E-state index is 0.169. The molecule has 2 unspecified atom stereocenters. The van der Waals surface area contributed by atoms with Crippen molar-refractivity contribution in [3.05, 3.63) is 47.2 Å². The molecule has 1 aromatic rings. The number of fused-ring (bicyclic) bond motifs is 5. The molecule has 2 heteroatoms. The third kappa shape index (κ3) is 0.601. The molecule has 68 valence electrons. The zero-order chi connectivity index (χ0) is 9.28. The number of nitrogens with two attached hydrogens (primary N) is 1. The fourth-order valence-electron chi connectivity index (χ4n) is 2.48. The van der Waals surface area contributed by atoms with Gasteiger partial charge in [-0.15, -0.1) is 0 Å². The van der Waals surface area contributed by atoms with Crippen molar-refractivity contribution < 1.29 is 4.74 Å². The second-order valence-corrected chi connectivity index (χ2v) is 3.99. The summed E-state index contributed by atoms with van der Waals surface area (Å²) in [5.41, 5.74) is 12.1. The van der Waals surface area contributed by atoms with Gasteiger partial charge in [-0.25, -0.2) is 0 Å². The minimum absolute atomic E-state index is 0.169. The Morgan fingerprint density at radius 3 is 2.71 bits per heavy atom. The molecule has 1 aliphatic heterocycles. The van der Waals surface area contributed by atoms with Crippen LogP contribution in [0, 0.1) is 0 Å². The summed E-state index contributed by atoms with van der Waals surface area (Å²) in [6.45, 7) is 0. The topological polar surface area (TPSA) is 38.5 Å². The first-order chi connectivity index (χ1) is 6.86. The van der Waals surface area contributed by atoms with Gasteiger partial charge in [0.1, 0.15) is 12.2 Å². The van der Waals surface area contributed by atoms with E-state index in [2.05, 4.69) is 30.3 Å². The Balaban J connectivity index is 1.96. The Morgan fingerprint density at radius 2 is 1.86 bits per heavy atom. The van der Waals surface area contributed by atoms with Crippen LogP contribution < -0.4 is 5.73 Å². The zero-order valence-electron chi connectivity index (χ0n) is 7.53. The molecule has 2 N–H and O–H groups in total. The summed E-state index contributed by atoms with van der Waals surface area (Å²) in [6.07, 6.45) is 2.48. The van der Waals surface area contributed by atoms with Crippen LogP contribution in [0.3, 0.4) is 0 Å². The molecular weight excluding hydrogens is 174 g/mol. The molecule has 1 heterocycles. The fraction of sp³-hybridized carbons (Fsp3) is 0.167. The maximum absolute atomic E-state index is 5.87. The lowest BCUT2D eigenvalue weighted by Crippen LogP contribution is -2.19. The Hall–Kier alpha value is -1.54. The molecule has 1 aromatic carbocycles. The first-order valence-corrected chi connectivity index (χ1v) is 4.83. The summed E-state index contributed by atoms with van der Waals surface area (Å²) in [7, 11) is 0. The van der Waals surface area contributed by atoms with Gasteiger partial charge >= 0.3 is 0 Å². The van der Waals surface area contributed by atoms with Crippen LogP contribution in [0.15, 0.2) is 36.0 Å². The molecule has 0 spiro atoms. The summed E-state index contributed by atoms with van der Waals surface area (Å²) in [5, 5.41) is 0. The van der Waals surface area contributed by atoms with E-state index in [9.17, 15) is 0 Å². The van der Waals surface area contributed by atoms with Gasteiger partial charge in [0.2, 0.25) is 0 Å². The number of ether oxygens (including phenoxy) is 1. The van der Waals surface area contributed by atoms with Gasteiger partial charge in [-0.05, 0) is 28.3 Å². The monoisotopic (exact) mass is 183 g/mol. The van der Waals surface area contributed by atoms with E-state index in [0.717, 1.165) is 5.70 Å². The van der Waals surface area contributed by atoms with E-state index in [0.29, 0.717) is 0 Å². The Bertz CT molecular complexity index is 513. The van der Waals surface area contributed by atoms with Crippen molar-refractivity contribution in [3.63, 3.8) is 0 Å². The lowest BCUT2D eigenvalue weighted by Gasteiger charge is -2.27. The van der Waals surface area contributed by atoms with Crippen LogP contribution in [-0.4, -0.2) is 12.2 Å². The minimum Gasteiger partial charge on any atom is -0.400 e. The summed E-state index contributed by atoms with van der Waals surface area (Å²) in [5.74, 6) is 0. The van der Waals surface area contributed by atoms with Gasteiger partial charge in [0.25, 0.3) is 0 Å². The standard InChI is InChI=1S/C12H9NO/c13-9-5-8-6-3-1-2-4-7(6)10(8)12-11(9)14-12/h1-5,11-12H,13H2. The van der Waals surface area contributed by atoms with Crippen molar-refractivity contribution in [2.75, 3.05) is 0 Å². The first-order valence-electron chi connectivity index (χ1n) is 4.83. The number of hydrogen-bond acceptors (Lipinski definition) is 2. The molecule has 1 fully saturated rings. The van der Waals surface area contributed by atoms with Crippen LogP contribution in [0.2, 0.25) is 0 Å². The molecule has 0 bridgehead atoms. The van der Waals surface area contributed by atoms with Gasteiger partial charge in [0.05, 0.1) is 0 Å². The smallest absolute Gasteiger partial charge is 0.128 e. The molecule has 1 saturated heterocycles. The van der Waals surface area contributed by atoms with Gasteiger partial charge in [0, 0.05) is 5.70 Å². The Morgan fingerprint density at radius 1 is 1.07 bits per heavy atom. The van der Waals surface area contributed by atoms with E-state index in [4.69, 9.17) is 10.5 Å². The molecule has 3 aliphatic rings. The van der Waals surface area contributed by atoms with Crippen molar-refractivity contribution in [2.24, 2.45) is 5.73 Å². The molecule has 2 nitrogen and oxygen atoms in total. The maximum atomic E-state index is 5.87. The van der Waals surface area contributed by atoms with E-state index in [1.807, 2.05) is 0 Å². The predicted octanol–water partition coefficient (Wildman–Crippen LogP) is 1.53. The highest BCUT2D eigenvalue weighted by Gasteiger charge is 2.51. The second kappa shape index (κ2) is 1.93. The van der Waals surface area contributed by atoms with E-state index < -0.39 is 0 Å².